The minimum absolute atomic E-state index is 0.949. The van der Waals surface area contributed by atoms with Crippen molar-refractivity contribution in [1.29, 1.82) is 0 Å². The van der Waals surface area contributed by atoms with Crippen LogP contribution in [0.15, 0.2) is 145 Å². The topological polar surface area (TPSA) is 25.2 Å². The van der Waals surface area contributed by atoms with E-state index in [-0.39, 0.29) is 0 Å². The van der Waals surface area contributed by atoms with Gasteiger partial charge in [0.05, 0.1) is 16.9 Å². The predicted octanol–water partition coefficient (Wildman–Crippen LogP) is 10.5. The Morgan fingerprint density at radius 3 is 1.83 bits per heavy atom. The summed E-state index contributed by atoms with van der Waals surface area (Å²) < 4.78 is 0. The van der Waals surface area contributed by atoms with Crippen molar-refractivity contribution in [1.82, 2.24) is 4.98 Å². The van der Waals surface area contributed by atoms with Crippen LogP contribution in [0.1, 0.15) is 28.8 Å². The van der Waals surface area contributed by atoms with Crippen molar-refractivity contribution < 1.29 is 0 Å². The lowest BCUT2D eigenvalue weighted by molar-refractivity contribution is 1.01. The second kappa shape index (κ2) is 11.6. The van der Waals surface area contributed by atoms with E-state index in [1.54, 1.807) is 0 Å². The number of aromatic nitrogens is 1. The van der Waals surface area contributed by atoms with E-state index in [0.29, 0.717) is 0 Å². The van der Waals surface area contributed by atoms with Gasteiger partial charge in [0.1, 0.15) is 0 Å². The summed E-state index contributed by atoms with van der Waals surface area (Å²) in [5.41, 5.74) is 12.7. The fourth-order valence-electron chi connectivity index (χ4n) is 5.44. The third kappa shape index (κ3) is 5.75. The Morgan fingerprint density at radius 2 is 1.12 bits per heavy atom. The molecule has 42 heavy (non-hydrogen) atoms. The minimum Gasteiger partial charge on any atom is -0.253 e. The number of aliphatic imine (C=N–C) groups is 1. The second-order valence-corrected chi connectivity index (χ2v) is 10.7. The van der Waals surface area contributed by atoms with E-state index in [2.05, 4.69) is 152 Å². The first-order valence-electron chi connectivity index (χ1n) is 14.5. The number of allylic oxidation sites excluding steroid dienone is 1. The van der Waals surface area contributed by atoms with Gasteiger partial charge in [0.15, 0.2) is 0 Å². The molecule has 6 aromatic rings. The highest BCUT2D eigenvalue weighted by Crippen LogP contribution is 2.31. The monoisotopic (exact) mass is 538 g/mol. The molecule has 1 aromatic heterocycles. The van der Waals surface area contributed by atoms with Crippen LogP contribution >= 0.6 is 0 Å². The first kappa shape index (κ1) is 25.6. The Morgan fingerprint density at radius 1 is 0.476 bits per heavy atom. The van der Waals surface area contributed by atoms with Crippen molar-refractivity contribution in [2.24, 2.45) is 4.99 Å². The summed E-state index contributed by atoms with van der Waals surface area (Å²) in [5, 5.41) is 1.15. The van der Waals surface area contributed by atoms with Gasteiger partial charge >= 0.3 is 0 Å². The average Bonchev–Trinajstić information content (AvgIpc) is 3.07. The Balaban J connectivity index is 1.01. The predicted molar refractivity (Wildman–Crippen MR) is 179 cm³/mol. The van der Waals surface area contributed by atoms with Crippen LogP contribution in [0.4, 0.5) is 5.69 Å². The molecule has 0 saturated heterocycles. The van der Waals surface area contributed by atoms with Crippen molar-refractivity contribution in [3.05, 3.63) is 162 Å². The molecule has 2 heterocycles. The lowest BCUT2D eigenvalue weighted by Crippen LogP contribution is -2.03. The van der Waals surface area contributed by atoms with E-state index in [9.17, 15) is 0 Å². The van der Waals surface area contributed by atoms with Gasteiger partial charge in [-0.05, 0) is 94.3 Å². The maximum absolute atomic E-state index is 4.93. The Labute approximate surface area is 247 Å². The molecule has 1 aliphatic heterocycles. The van der Waals surface area contributed by atoms with Gasteiger partial charge in [0.2, 0.25) is 0 Å². The third-order valence-corrected chi connectivity index (χ3v) is 7.77. The van der Waals surface area contributed by atoms with Crippen LogP contribution in [0, 0.1) is 0 Å². The summed E-state index contributed by atoms with van der Waals surface area (Å²) in [6, 6.07) is 46.9. The molecule has 7 rings (SSSR count). The highest BCUT2D eigenvalue weighted by Gasteiger charge is 2.11. The van der Waals surface area contributed by atoms with Crippen molar-refractivity contribution in [2.75, 3.05) is 0 Å². The zero-order valence-corrected chi connectivity index (χ0v) is 23.3. The number of pyridine rings is 1. The number of rotatable bonds is 6. The van der Waals surface area contributed by atoms with Crippen LogP contribution in [0.25, 0.3) is 51.4 Å². The van der Waals surface area contributed by atoms with Gasteiger partial charge in [0, 0.05) is 11.1 Å². The van der Waals surface area contributed by atoms with Gasteiger partial charge < -0.3 is 0 Å². The molecule has 0 spiro atoms. The number of benzene rings is 5. The highest BCUT2D eigenvalue weighted by atomic mass is 14.8. The summed E-state index contributed by atoms with van der Waals surface area (Å²) in [7, 11) is 0. The Kier molecular flexibility index (Phi) is 7.10. The van der Waals surface area contributed by atoms with Crippen molar-refractivity contribution in [3.63, 3.8) is 0 Å². The van der Waals surface area contributed by atoms with E-state index >= 15 is 0 Å². The first-order valence-corrected chi connectivity index (χ1v) is 14.5. The zero-order chi connectivity index (χ0) is 28.1. The molecule has 0 saturated carbocycles. The van der Waals surface area contributed by atoms with E-state index in [0.717, 1.165) is 52.0 Å². The fourth-order valence-corrected chi connectivity index (χ4v) is 5.44. The maximum atomic E-state index is 4.93. The molecule has 0 atom stereocenters. The number of hydrogen-bond donors (Lipinski definition) is 0. The van der Waals surface area contributed by atoms with E-state index in [4.69, 9.17) is 9.98 Å². The van der Waals surface area contributed by atoms with Crippen molar-refractivity contribution >= 4 is 40.5 Å². The summed E-state index contributed by atoms with van der Waals surface area (Å²) in [6.45, 7) is 0. The SMILES string of the molecule is C(=C\c1ccc(/C=C/c2ccc3cc(-c4ccccc4)ccc3n2)cc1)/C1=Nc2ccc(-c3ccccc3)cc2CC1. The lowest BCUT2D eigenvalue weighted by Gasteiger charge is -2.15. The van der Waals surface area contributed by atoms with Crippen LogP contribution in [-0.4, -0.2) is 10.7 Å². The van der Waals surface area contributed by atoms with Gasteiger partial charge in [-0.1, -0.05) is 115 Å². The summed E-state index contributed by atoms with van der Waals surface area (Å²) in [5.74, 6) is 0. The number of fused-ring (bicyclic) bond motifs is 2. The standard InChI is InChI=1S/C40H30N2/c1-3-7-31(8-4-1)33-19-25-39-35(27-33)17-23-37(41-39)21-15-29-11-13-30(14-12-29)16-22-38-24-18-36-28-34(20-26-40(36)42-38)32-9-5-2-6-10-32/h1-17,19-23,25-28H,18,24H2/b21-15+,22-16+. The van der Waals surface area contributed by atoms with Gasteiger partial charge in [-0.2, -0.15) is 0 Å². The van der Waals surface area contributed by atoms with Crippen LogP contribution in [0.5, 0.6) is 0 Å². The molecule has 200 valence electrons. The van der Waals surface area contributed by atoms with Gasteiger partial charge in [0.25, 0.3) is 0 Å². The van der Waals surface area contributed by atoms with Crippen LogP contribution in [-0.2, 0) is 6.42 Å². The molecule has 0 radical (unpaired) electrons. The molecule has 5 aromatic carbocycles. The molecule has 2 nitrogen and oxygen atoms in total. The molecule has 0 unspecified atom stereocenters. The van der Waals surface area contributed by atoms with Crippen LogP contribution in [0.3, 0.4) is 0 Å². The molecular formula is C40H30N2. The molecule has 1 aliphatic rings. The molecule has 0 amide bonds. The maximum Gasteiger partial charge on any atom is 0.0709 e. The average molecular weight is 539 g/mol. The first-order chi connectivity index (χ1) is 20.8. The minimum atomic E-state index is 0.949. The summed E-state index contributed by atoms with van der Waals surface area (Å²) in [4.78, 5) is 9.78. The van der Waals surface area contributed by atoms with E-state index < -0.39 is 0 Å². The van der Waals surface area contributed by atoms with Crippen molar-refractivity contribution in [2.45, 2.75) is 12.8 Å². The highest BCUT2D eigenvalue weighted by molar-refractivity contribution is 6.01. The summed E-state index contributed by atoms with van der Waals surface area (Å²) in [6.07, 6.45) is 10.5. The molecule has 0 bridgehead atoms. The van der Waals surface area contributed by atoms with Gasteiger partial charge in [-0.15, -0.1) is 0 Å². The van der Waals surface area contributed by atoms with E-state index in [1.165, 1.54) is 27.8 Å². The fraction of sp³-hybridized carbons (Fsp3) is 0.0500. The van der Waals surface area contributed by atoms with Crippen LogP contribution < -0.4 is 0 Å². The second-order valence-electron chi connectivity index (χ2n) is 10.7. The number of hydrogen-bond acceptors (Lipinski definition) is 2. The molecule has 2 heteroatoms. The molecule has 0 N–H and O–H groups in total. The lowest BCUT2D eigenvalue weighted by atomic mass is 9.96. The normalized spacial score (nSPS) is 13.0. The number of nitrogens with zero attached hydrogens (tertiary/aromatic N) is 2. The Hall–Kier alpha value is -5.34. The number of aryl methyl sites for hydroxylation is 1. The molecular weight excluding hydrogens is 508 g/mol. The van der Waals surface area contributed by atoms with E-state index in [1.807, 2.05) is 6.07 Å². The smallest absolute Gasteiger partial charge is 0.0709 e. The molecule has 0 fully saturated rings. The zero-order valence-electron chi connectivity index (χ0n) is 23.3. The third-order valence-electron chi connectivity index (χ3n) is 7.77. The van der Waals surface area contributed by atoms with Gasteiger partial charge in [-0.3, -0.25) is 4.99 Å². The van der Waals surface area contributed by atoms with Gasteiger partial charge in [-0.25, -0.2) is 4.98 Å². The largest absolute Gasteiger partial charge is 0.253 e. The summed E-state index contributed by atoms with van der Waals surface area (Å²) >= 11 is 0. The quantitative estimate of drug-likeness (QED) is 0.207. The molecule has 0 aliphatic carbocycles. The van der Waals surface area contributed by atoms with Crippen molar-refractivity contribution in [3.8, 4) is 22.3 Å². The Bertz CT molecular complexity index is 1950. The van der Waals surface area contributed by atoms with Crippen LogP contribution in [0.2, 0.25) is 0 Å².